The van der Waals surface area contributed by atoms with E-state index in [1.165, 1.54) is 0 Å². The predicted octanol–water partition coefficient (Wildman–Crippen LogP) is 3.13. The molecule has 3 heteroatoms. The van der Waals surface area contributed by atoms with E-state index in [4.69, 9.17) is 0 Å². The summed E-state index contributed by atoms with van der Waals surface area (Å²) in [7, 11) is 0. The number of rotatable bonds is 4. The molecule has 0 atom stereocenters. The smallest absolute Gasteiger partial charge is 0.690 e. The minimum Gasteiger partial charge on any atom is -0.690 e. The molecule has 0 N–H and O–H groups in total. The molecule has 0 amide bonds. The largest absolute Gasteiger partial charge is 2.00 e. The van der Waals surface area contributed by atoms with Crippen LogP contribution >= 0.6 is 0 Å². The van der Waals surface area contributed by atoms with E-state index in [1.54, 1.807) is 12.4 Å². The summed E-state index contributed by atoms with van der Waals surface area (Å²) >= 11 is 0. The van der Waals surface area contributed by atoms with E-state index in [9.17, 15) is 0 Å². The van der Waals surface area contributed by atoms with Crippen LogP contribution in [0.15, 0.2) is 12.4 Å². The number of hydrogen-bond acceptors (Lipinski definition) is 0. The second-order valence-electron chi connectivity index (χ2n) is 2.78. The fraction of sp³-hybridized carbons (Fsp3) is 0.750. The minimum atomic E-state index is 0. The van der Waals surface area contributed by atoms with E-state index in [-0.39, 0.29) is 30.2 Å². The Hall–Kier alpha value is 0.262. The topological polar surface area (TPSA) is 28.2 Å². The zero-order valence-electron chi connectivity index (χ0n) is 7.70. The SMILES string of the molecule is CC(C)[N-]/C=C\[N-]C(C)C.[HH].[HH].[Pb+2]. The molecule has 0 aromatic rings. The maximum Gasteiger partial charge on any atom is 2.00 e. The van der Waals surface area contributed by atoms with Gasteiger partial charge < -0.3 is 10.6 Å². The minimum absolute atomic E-state index is 0. The summed E-state index contributed by atoms with van der Waals surface area (Å²) in [5.41, 5.74) is 0. The first-order chi connectivity index (χ1) is 4.63. The van der Waals surface area contributed by atoms with E-state index < -0.39 is 0 Å². The van der Waals surface area contributed by atoms with Crippen molar-refractivity contribution in [1.82, 2.24) is 0 Å². The van der Waals surface area contributed by atoms with E-state index in [1.807, 2.05) is 27.7 Å². The molecule has 0 rings (SSSR count). The fourth-order valence-corrected chi connectivity index (χ4v) is 0.421. The normalized spacial score (nSPS) is 10.4. The Morgan fingerprint density at radius 1 is 0.909 bits per heavy atom. The van der Waals surface area contributed by atoms with Crippen LogP contribution in [0, 0.1) is 0 Å². The first kappa shape index (κ1) is 13.8. The van der Waals surface area contributed by atoms with Crippen LogP contribution in [-0.2, 0) is 0 Å². The number of nitrogens with zero attached hydrogens (tertiary/aromatic N) is 2. The van der Waals surface area contributed by atoms with Crippen LogP contribution in [0.25, 0.3) is 10.6 Å². The van der Waals surface area contributed by atoms with Crippen molar-refractivity contribution in [1.29, 1.82) is 0 Å². The zero-order chi connectivity index (χ0) is 7.98. The monoisotopic (exact) mass is 352 g/mol. The Morgan fingerprint density at radius 3 is 1.36 bits per heavy atom. The molecule has 0 aliphatic rings. The van der Waals surface area contributed by atoms with Crippen LogP contribution in [0.3, 0.4) is 0 Å². The molecule has 2 nitrogen and oxygen atoms in total. The number of hydrogen-bond donors (Lipinski definition) is 0. The second kappa shape index (κ2) is 8.36. The van der Waals surface area contributed by atoms with Crippen molar-refractivity contribution in [2.24, 2.45) is 0 Å². The van der Waals surface area contributed by atoms with Gasteiger partial charge in [-0.3, -0.25) is 0 Å². The Balaban J connectivity index is -0.000000135. The summed E-state index contributed by atoms with van der Waals surface area (Å²) in [4.78, 5) is 0. The molecule has 0 aliphatic carbocycles. The molecule has 0 aromatic carbocycles. The molecule has 0 saturated carbocycles. The first-order valence-electron chi connectivity index (χ1n) is 3.68. The molecule has 0 heterocycles. The first-order valence-corrected chi connectivity index (χ1v) is 3.68. The van der Waals surface area contributed by atoms with Gasteiger partial charge >= 0.3 is 27.3 Å². The Morgan fingerprint density at radius 2 is 1.18 bits per heavy atom. The van der Waals surface area contributed by atoms with Gasteiger partial charge in [0.15, 0.2) is 0 Å². The van der Waals surface area contributed by atoms with E-state index in [2.05, 4.69) is 10.6 Å². The molecule has 2 radical (unpaired) electrons. The molecule has 0 fully saturated rings. The summed E-state index contributed by atoms with van der Waals surface area (Å²) in [6.07, 6.45) is 3.51. The second-order valence-corrected chi connectivity index (χ2v) is 2.78. The van der Waals surface area contributed by atoms with Gasteiger partial charge in [-0.2, -0.15) is 0 Å². The molecule has 0 bridgehead atoms. The van der Waals surface area contributed by atoms with Crippen LogP contribution in [-0.4, -0.2) is 39.4 Å². The van der Waals surface area contributed by atoms with Gasteiger partial charge in [0.2, 0.25) is 0 Å². The van der Waals surface area contributed by atoms with Crippen molar-refractivity contribution >= 4 is 27.3 Å². The average molecular weight is 351 g/mol. The standard InChI is InChI=1S/C8H16N2.Pb.2H2/c1-7(2)9-5-6-10-8(3)4;;;/h5-8H,1-4H3;;2*1H/q-2;+2;;/b6-5-;;;. The van der Waals surface area contributed by atoms with Crippen molar-refractivity contribution in [3.8, 4) is 0 Å². The molecule has 0 spiro atoms. The molecular weight excluding hydrogens is 331 g/mol. The third-order valence-corrected chi connectivity index (χ3v) is 0.835. The third kappa shape index (κ3) is 13.3. The van der Waals surface area contributed by atoms with Crippen LogP contribution < -0.4 is 0 Å². The van der Waals surface area contributed by atoms with Crippen molar-refractivity contribution < 1.29 is 2.85 Å². The van der Waals surface area contributed by atoms with Crippen LogP contribution in [0.5, 0.6) is 0 Å². The molecule has 0 aliphatic heterocycles. The van der Waals surface area contributed by atoms with E-state index in [0.717, 1.165) is 0 Å². The Labute approximate surface area is 93.0 Å². The van der Waals surface area contributed by atoms with Crippen molar-refractivity contribution in [2.45, 2.75) is 39.8 Å². The Bertz CT molecular complexity index is 96.3. The van der Waals surface area contributed by atoms with Gasteiger partial charge in [-0.05, 0) is 0 Å². The van der Waals surface area contributed by atoms with Crippen molar-refractivity contribution in [3.63, 3.8) is 0 Å². The van der Waals surface area contributed by atoms with Crippen LogP contribution in [0.4, 0.5) is 0 Å². The van der Waals surface area contributed by atoms with Gasteiger partial charge in [-0.25, -0.2) is 12.4 Å². The van der Waals surface area contributed by atoms with E-state index in [0.29, 0.717) is 12.1 Å². The third-order valence-electron chi connectivity index (χ3n) is 0.835. The molecule has 0 aromatic heterocycles. The van der Waals surface area contributed by atoms with Crippen molar-refractivity contribution in [3.05, 3.63) is 23.0 Å². The summed E-state index contributed by atoms with van der Waals surface area (Å²) < 4.78 is 0. The predicted molar refractivity (Wildman–Crippen MR) is 56.1 cm³/mol. The van der Waals surface area contributed by atoms with Gasteiger partial charge in [-0.15, -0.1) is 12.1 Å². The maximum absolute atomic E-state index is 4.12. The quantitative estimate of drug-likeness (QED) is 0.696. The zero-order valence-corrected chi connectivity index (χ0v) is 11.6. The molecule has 0 saturated heterocycles. The van der Waals surface area contributed by atoms with Gasteiger partial charge in [0.25, 0.3) is 0 Å². The maximum atomic E-state index is 4.12. The summed E-state index contributed by atoms with van der Waals surface area (Å²) in [6, 6.07) is 0.747. The van der Waals surface area contributed by atoms with Gasteiger partial charge in [0, 0.05) is 2.85 Å². The summed E-state index contributed by atoms with van der Waals surface area (Å²) in [5.74, 6) is 0. The summed E-state index contributed by atoms with van der Waals surface area (Å²) in [5, 5.41) is 8.24. The van der Waals surface area contributed by atoms with Gasteiger partial charge in [0.1, 0.15) is 0 Å². The molecular formula is C8H20N2Pb. The van der Waals surface area contributed by atoms with Crippen LogP contribution in [0.2, 0.25) is 0 Å². The molecule has 66 valence electrons. The molecule has 11 heavy (non-hydrogen) atoms. The van der Waals surface area contributed by atoms with Crippen molar-refractivity contribution in [2.75, 3.05) is 0 Å². The average Bonchev–Trinajstić information content (AvgIpc) is 1.79. The molecule has 0 unspecified atom stereocenters. The fourth-order valence-electron chi connectivity index (χ4n) is 0.421. The van der Waals surface area contributed by atoms with Crippen LogP contribution in [0.1, 0.15) is 30.5 Å². The van der Waals surface area contributed by atoms with Gasteiger partial charge in [-0.1, -0.05) is 27.7 Å². The van der Waals surface area contributed by atoms with Gasteiger partial charge in [0.05, 0.1) is 0 Å². The van der Waals surface area contributed by atoms with E-state index >= 15 is 0 Å². The Kier molecular flexibility index (Phi) is 10.5. The summed E-state index contributed by atoms with van der Waals surface area (Å²) in [6.45, 7) is 8.17.